The molecule has 0 saturated carbocycles. The van der Waals surface area contributed by atoms with Gasteiger partial charge in [0.15, 0.2) is 0 Å². The third kappa shape index (κ3) is 4.99. The molecule has 0 aliphatic heterocycles. The monoisotopic (exact) mass is 390 g/mol. The van der Waals surface area contributed by atoms with E-state index >= 15 is 0 Å². The van der Waals surface area contributed by atoms with Crippen molar-refractivity contribution in [1.29, 1.82) is 0 Å². The highest BCUT2D eigenvalue weighted by Crippen LogP contribution is 2.30. The summed E-state index contributed by atoms with van der Waals surface area (Å²) in [6, 6.07) is 6.24. The van der Waals surface area contributed by atoms with Gasteiger partial charge in [-0.05, 0) is 25.0 Å². The summed E-state index contributed by atoms with van der Waals surface area (Å²) in [5.41, 5.74) is 4.36. The first-order chi connectivity index (χ1) is 11.8. The molecule has 1 rings (SSSR count). The predicted octanol–water partition coefficient (Wildman–Crippen LogP) is 2.27. The number of alkyl halides is 2. The normalized spacial score (nSPS) is 13.0. The van der Waals surface area contributed by atoms with Gasteiger partial charge in [-0.25, -0.2) is 4.79 Å². The molecule has 0 spiro atoms. The number of carboxylic acid groups (broad SMARTS) is 2. The number of hydrogen-bond donors (Lipinski definition) is 3. The SMILES string of the molecule is Nc1ccccc1C(=O)N(CCCl)[C@@](CCCl)(CCC(=O)O)C(=O)O. The zero-order chi connectivity index (χ0) is 19.0. The van der Waals surface area contributed by atoms with E-state index in [0.29, 0.717) is 0 Å². The maximum Gasteiger partial charge on any atom is 0.329 e. The number of amides is 1. The van der Waals surface area contributed by atoms with Crippen molar-refractivity contribution in [3.8, 4) is 0 Å². The van der Waals surface area contributed by atoms with Crippen molar-refractivity contribution in [2.24, 2.45) is 0 Å². The summed E-state index contributed by atoms with van der Waals surface area (Å²) in [6.07, 6.45) is -0.841. The van der Waals surface area contributed by atoms with Crippen LogP contribution in [0.15, 0.2) is 24.3 Å². The predicted molar refractivity (Wildman–Crippen MR) is 95.2 cm³/mol. The first-order valence-electron chi connectivity index (χ1n) is 7.53. The lowest BCUT2D eigenvalue weighted by Crippen LogP contribution is -2.58. The molecule has 0 radical (unpaired) electrons. The third-order valence-electron chi connectivity index (χ3n) is 3.92. The number of anilines is 1. The molecule has 0 aliphatic rings. The van der Waals surface area contributed by atoms with Gasteiger partial charge in [0.2, 0.25) is 0 Å². The van der Waals surface area contributed by atoms with Gasteiger partial charge in [-0.3, -0.25) is 9.59 Å². The number of carboxylic acids is 2. The molecule has 0 unspecified atom stereocenters. The molecule has 1 amide bonds. The van der Waals surface area contributed by atoms with Crippen LogP contribution in [-0.4, -0.2) is 56.8 Å². The highest BCUT2D eigenvalue weighted by Gasteiger charge is 2.46. The van der Waals surface area contributed by atoms with E-state index in [1.165, 1.54) is 12.1 Å². The highest BCUT2D eigenvalue weighted by molar-refractivity contribution is 6.18. The van der Waals surface area contributed by atoms with Gasteiger partial charge in [0.05, 0.1) is 5.56 Å². The Bertz CT molecular complexity index is 641. The molecule has 4 N–H and O–H groups in total. The summed E-state index contributed by atoms with van der Waals surface area (Å²) in [6.45, 7) is -0.0858. The first-order valence-corrected chi connectivity index (χ1v) is 8.60. The molecule has 25 heavy (non-hydrogen) atoms. The van der Waals surface area contributed by atoms with Crippen LogP contribution in [0.3, 0.4) is 0 Å². The highest BCUT2D eigenvalue weighted by atomic mass is 35.5. The van der Waals surface area contributed by atoms with Crippen molar-refractivity contribution in [1.82, 2.24) is 4.90 Å². The van der Waals surface area contributed by atoms with Crippen molar-refractivity contribution >= 4 is 46.7 Å². The second-order valence-electron chi connectivity index (χ2n) is 5.40. The largest absolute Gasteiger partial charge is 0.481 e. The summed E-state index contributed by atoms with van der Waals surface area (Å²) in [7, 11) is 0. The number of aliphatic carboxylic acids is 2. The summed E-state index contributed by atoms with van der Waals surface area (Å²) < 4.78 is 0. The van der Waals surface area contributed by atoms with Gasteiger partial charge in [-0.2, -0.15) is 0 Å². The third-order valence-corrected chi connectivity index (χ3v) is 4.28. The van der Waals surface area contributed by atoms with Crippen molar-refractivity contribution in [2.75, 3.05) is 24.0 Å². The van der Waals surface area contributed by atoms with E-state index in [9.17, 15) is 19.5 Å². The molecule has 1 atom stereocenters. The lowest BCUT2D eigenvalue weighted by molar-refractivity contribution is -0.151. The molecule has 0 bridgehead atoms. The number of benzene rings is 1. The van der Waals surface area contributed by atoms with Crippen molar-refractivity contribution < 1.29 is 24.6 Å². The number of nitrogen functional groups attached to an aromatic ring is 1. The molecule has 1 aromatic carbocycles. The van der Waals surface area contributed by atoms with E-state index in [1.54, 1.807) is 12.1 Å². The Kier molecular flexibility index (Phi) is 7.99. The summed E-state index contributed by atoms with van der Waals surface area (Å²) in [5, 5.41) is 18.8. The van der Waals surface area contributed by atoms with Gasteiger partial charge in [-0.15, -0.1) is 23.2 Å². The number of carbonyl (C=O) groups is 3. The Morgan fingerprint density at radius 1 is 1.08 bits per heavy atom. The first kappa shape index (κ1) is 21.1. The smallest absolute Gasteiger partial charge is 0.329 e. The van der Waals surface area contributed by atoms with Crippen LogP contribution in [0, 0.1) is 0 Å². The quantitative estimate of drug-likeness (QED) is 0.416. The standard InChI is InChI=1S/C16H20Cl2N2O5/c17-8-7-16(15(24)25,6-5-13(21)22)20(10-9-18)14(23)11-3-1-2-4-12(11)19/h1-4H,5-10,19H2,(H,21,22)(H,24,25)/t16-/m1/s1. The lowest BCUT2D eigenvalue weighted by Gasteiger charge is -2.40. The minimum absolute atomic E-state index is 0.0249. The molecular weight excluding hydrogens is 371 g/mol. The molecule has 0 aromatic heterocycles. The zero-order valence-corrected chi connectivity index (χ0v) is 15.0. The van der Waals surface area contributed by atoms with Crippen LogP contribution in [-0.2, 0) is 9.59 Å². The van der Waals surface area contributed by atoms with Crippen LogP contribution in [0.25, 0.3) is 0 Å². The van der Waals surface area contributed by atoms with Crippen LogP contribution < -0.4 is 5.73 Å². The summed E-state index contributed by atoms with van der Waals surface area (Å²) >= 11 is 11.5. The number of halogens is 2. The Balaban J connectivity index is 3.40. The molecule has 138 valence electrons. The Labute approximate surface area is 155 Å². The van der Waals surface area contributed by atoms with E-state index in [-0.39, 0.29) is 42.4 Å². The van der Waals surface area contributed by atoms with E-state index in [4.69, 9.17) is 34.0 Å². The lowest BCUT2D eigenvalue weighted by atomic mass is 9.87. The Morgan fingerprint density at radius 3 is 2.20 bits per heavy atom. The van der Waals surface area contributed by atoms with E-state index < -0.39 is 29.8 Å². The Morgan fingerprint density at radius 2 is 1.72 bits per heavy atom. The number of para-hydroxylation sites is 1. The second kappa shape index (κ2) is 9.48. The molecule has 0 heterocycles. The van der Waals surface area contributed by atoms with Gasteiger partial charge in [0.1, 0.15) is 5.54 Å². The second-order valence-corrected chi connectivity index (χ2v) is 6.16. The van der Waals surface area contributed by atoms with E-state index in [1.807, 2.05) is 0 Å². The molecule has 0 fully saturated rings. The van der Waals surface area contributed by atoms with Gasteiger partial charge in [0.25, 0.3) is 5.91 Å². The zero-order valence-electron chi connectivity index (χ0n) is 13.5. The van der Waals surface area contributed by atoms with Crippen LogP contribution in [0.2, 0.25) is 0 Å². The molecule has 0 aliphatic carbocycles. The number of hydrogen-bond acceptors (Lipinski definition) is 4. The molecular formula is C16H20Cl2N2O5. The maximum absolute atomic E-state index is 13.0. The van der Waals surface area contributed by atoms with Crippen LogP contribution in [0.4, 0.5) is 5.69 Å². The van der Waals surface area contributed by atoms with E-state index in [2.05, 4.69) is 0 Å². The summed E-state index contributed by atoms with van der Waals surface area (Å²) in [4.78, 5) is 37.0. The number of nitrogens with two attached hydrogens (primary N) is 1. The van der Waals surface area contributed by atoms with Crippen molar-refractivity contribution in [3.05, 3.63) is 29.8 Å². The minimum atomic E-state index is -1.78. The number of rotatable bonds is 10. The average molecular weight is 391 g/mol. The van der Waals surface area contributed by atoms with Gasteiger partial charge in [-0.1, -0.05) is 12.1 Å². The summed E-state index contributed by atoms with van der Waals surface area (Å²) in [5.74, 6) is -3.22. The van der Waals surface area contributed by atoms with Crippen LogP contribution in [0.1, 0.15) is 29.6 Å². The maximum atomic E-state index is 13.0. The van der Waals surface area contributed by atoms with Gasteiger partial charge < -0.3 is 20.8 Å². The number of nitrogens with zero attached hydrogens (tertiary/aromatic N) is 1. The molecule has 1 aromatic rings. The fourth-order valence-corrected chi connectivity index (χ4v) is 3.11. The average Bonchev–Trinajstić information content (AvgIpc) is 2.56. The molecule has 0 saturated heterocycles. The van der Waals surface area contributed by atoms with Crippen molar-refractivity contribution in [2.45, 2.75) is 24.8 Å². The van der Waals surface area contributed by atoms with E-state index in [0.717, 1.165) is 4.90 Å². The molecule has 9 heteroatoms. The van der Waals surface area contributed by atoms with Gasteiger partial charge in [0, 0.05) is 30.4 Å². The Hall–Kier alpha value is -1.99. The fraction of sp³-hybridized carbons (Fsp3) is 0.438. The fourth-order valence-electron chi connectivity index (χ4n) is 2.63. The molecule has 7 nitrogen and oxygen atoms in total. The van der Waals surface area contributed by atoms with Crippen LogP contribution >= 0.6 is 23.2 Å². The van der Waals surface area contributed by atoms with Gasteiger partial charge >= 0.3 is 11.9 Å². The number of carbonyl (C=O) groups excluding carboxylic acids is 1. The topological polar surface area (TPSA) is 121 Å². The van der Waals surface area contributed by atoms with Crippen molar-refractivity contribution in [3.63, 3.8) is 0 Å². The van der Waals surface area contributed by atoms with Crippen LogP contribution in [0.5, 0.6) is 0 Å². The minimum Gasteiger partial charge on any atom is -0.481 e.